The molecule has 1 rings (SSSR count). The van der Waals surface area contributed by atoms with E-state index in [4.69, 9.17) is 14.9 Å². The smallest absolute Gasteiger partial charge is 0.303 e. The van der Waals surface area contributed by atoms with E-state index in [1.807, 2.05) is 0 Å². The van der Waals surface area contributed by atoms with Crippen LogP contribution in [0.25, 0.3) is 0 Å². The van der Waals surface area contributed by atoms with Gasteiger partial charge in [0.2, 0.25) is 0 Å². The zero-order valence-corrected chi connectivity index (χ0v) is 18.9. The maximum Gasteiger partial charge on any atom is 0.303 e. The minimum absolute atomic E-state index is 0.294. The summed E-state index contributed by atoms with van der Waals surface area (Å²) in [4.78, 5) is 21.1. The lowest BCUT2D eigenvalue weighted by atomic mass is 9.95. The van der Waals surface area contributed by atoms with Crippen molar-refractivity contribution in [2.45, 2.75) is 115 Å². The quantitative estimate of drug-likeness (QED) is 0.225. The van der Waals surface area contributed by atoms with Gasteiger partial charge >= 0.3 is 11.9 Å². The van der Waals surface area contributed by atoms with Gasteiger partial charge in [-0.1, -0.05) is 51.4 Å². The van der Waals surface area contributed by atoms with Crippen LogP contribution >= 0.6 is 0 Å². The molecule has 0 unspecified atom stereocenters. The Morgan fingerprint density at radius 3 is 1.73 bits per heavy atom. The van der Waals surface area contributed by atoms with Crippen LogP contribution < -0.4 is 5.32 Å². The molecule has 176 valence electrons. The molecule has 0 radical (unpaired) electrons. The highest BCUT2D eigenvalue weighted by molar-refractivity contribution is 5.66. The SMILES string of the molecule is O=C(O)CCCCCCCC(CCCCCCCC(=O)O)NCCC1CCOCC1. The first-order valence-corrected chi connectivity index (χ1v) is 12.3. The van der Waals surface area contributed by atoms with Crippen molar-refractivity contribution >= 4 is 11.9 Å². The lowest BCUT2D eigenvalue weighted by molar-refractivity contribution is -0.138. The van der Waals surface area contributed by atoms with Gasteiger partial charge in [0.05, 0.1) is 0 Å². The number of ether oxygens (including phenoxy) is 1. The Kier molecular flexibility index (Phi) is 16.7. The molecule has 1 aliphatic heterocycles. The van der Waals surface area contributed by atoms with Crippen molar-refractivity contribution in [3.8, 4) is 0 Å². The predicted octanol–water partition coefficient (Wildman–Crippen LogP) is 5.39. The second-order valence-electron chi connectivity index (χ2n) is 8.90. The largest absolute Gasteiger partial charge is 0.481 e. The third kappa shape index (κ3) is 16.6. The van der Waals surface area contributed by atoms with E-state index in [9.17, 15) is 9.59 Å². The lowest BCUT2D eigenvalue weighted by Gasteiger charge is -2.24. The van der Waals surface area contributed by atoms with Crippen LogP contribution in [0.15, 0.2) is 0 Å². The van der Waals surface area contributed by atoms with Crippen LogP contribution in [0.4, 0.5) is 0 Å². The predicted molar refractivity (Wildman–Crippen MR) is 120 cm³/mol. The van der Waals surface area contributed by atoms with Crippen molar-refractivity contribution in [3.63, 3.8) is 0 Å². The van der Waals surface area contributed by atoms with Crippen LogP contribution in [0.3, 0.4) is 0 Å². The molecule has 0 saturated carbocycles. The van der Waals surface area contributed by atoms with Crippen molar-refractivity contribution in [2.24, 2.45) is 5.92 Å². The molecule has 0 aliphatic carbocycles. The Morgan fingerprint density at radius 1 is 0.767 bits per heavy atom. The maximum absolute atomic E-state index is 10.6. The fourth-order valence-electron chi connectivity index (χ4n) is 4.27. The van der Waals surface area contributed by atoms with E-state index >= 15 is 0 Å². The van der Waals surface area contributed by atoms with Gasteiger partial charge in [-0.25, -0.2) is 0 Å². The fraction of sp³-hybridized carbons (Fsp3) is 0.917. The van der Waals surface area contributed by atoms with Gasteiger partial charge in [0.25, 0.3) is 0 Å². The Hall–Kier alpha value is -1.14. The monoisotopic (exact) mass is 427 g/mol. The molecule has 1 fully saturated rings. The first-order chi connectivity index (χ1) is 14.6. The zero-order chi connectivity index (χ0) is 21.9. The molecule has 0 aromatic heterocycles. The van der Waals surface area contributed by atoms with Crippen molar-refractivity contribution in [1.29, 1.82) is 0 Å². The van der Waals surface area contributed by atoms with Crippen LogP contribution in [-0.4, -0.2) is 48.0 Å². The topological polar surface area (TPSA) is 95.9 Å². The first kappa shape index (κ1) is 26.9. The van der Waals surface area contributed by atoms with E-state index in [1.165, 1.54) is 57.8 Å². The molecular weight excluding hydrogens is 382 g/mol. The Balaban J connectivity index is 2.15. The van der Waals surface area contributed by atoms with Crippen molar-refractivity contribution in [3.05, 3.63) is 0 Å². The second kappa shape index (κ2) is 18.6. The van der Waals surface area contributed by atoms with Crippen molar-refractivity contribution in [1.82, 2.24) is 5.32 Å². The molecule has 0 bridgehead atoms. The lowest BCUT2D eigenvalue weighted by Crippen LogP contribution is -2.31. The minimum Gasteiger partial charge on any atom is -0.481 e. The highest BCUT2D eigenvalue weighted by Crippen LogP contribution is 2.19. The number of rotatable bonds is 20. The Labute approximate surface area is 183 Å². The average Bonchev–Trinajstić information content (AvgIpc) is 2.72. The summed E-state index contributed by atoms with van der Waals surface area (Å²) >= 11 is 0. The summed E-state index contributed by atoms with van der Waals surface area (Å²) in [5.74, 6) is -0.575. The highest BCUT2D eigenvalue weighted by atomic mass is 16.5. The van der Waals surface area contributed by atoms with Gasteiger partial charge in [-0.2, -0.15) is 0 Å². The summed E-state index contributed by atoms with van der Waals surface area (Å²) in [6, 6.07) is 0.572. The summed E-state index contributed by atoms with van der Waals surface area (Å²) < 4.78 is 5.45. The number of hydrogen-bond acceptors (Lipinski definition) is 4. The van der Waals surface area contributed by atoms with Crippen LogP contribution in [0.2, 0.25) is 0 Å². The highest BCUT2D eigenvalue weighted by Gasteiger charge is 2.14. The third-order valence-corrected chi connectivity index (χ3v) is 6.21. The molecular formula is C24H45NO5. The molecule has 0 aromatic rings. The van der Waals surface area contributed by atoms with Crippen LogP contribution in [-0.2, 0) is 14.3 Å². The van der Waals surface area contributed by atoms with Gasteiger partial charge < -0.3 is 20.3 Å². The van der Waals surface area contributed by atoms with Gasteiger partial charge in [-0.05, 0) is 57.4 Å². The van der Waals surface area contributed by atoms with E-state index in [0.717, 1.165) is 64.2 Å². The number of carbonyl (C=O) groups is 2. The molecule has 1 saturated heterocycles. The Morgan fingerprint density at radius 2 is 1.23 bits per heavy atom. The molecule has 0 spiro atoms. The van der Waals surface area contributed by atoms with Crippen LogP contribution in [0, 0.1) is 5.92 Å². The number of hydrogen-bond donors (Lipinski definition) is 3. The fourth-order valence-corrected chi connectivity index (χ4v) is 4.27. The molecule has 6 nitrogen and oxygen atoms in total. The van der Waals surface area contributed by atoms with E-state index in [1.54, 1.807) is 0 Å². The minimum atomic E-state index is -0.688. The van der Waals surface area contributed by atoms with E-state index in [2.05, 4.69) is 5.32 Å². The number of carboxylic acids is 2. The number of nitrogens with one attached hydrogen (secondary N) is 1. The number of unbranched alkanes of at least 4 members (excludes halogenated alkanes) is 8. The van der Waals surface area contributed by atoms with E-state index in [-0.39, 0.29) is 0 Å². The molecule has 0 amide bonds. The molecule has 1 aliphatic rings. The third-order valence-electron chi connectivity index (χ3n) is 6.21. The summed E-state index contributed by atoms with van der Waals surface area (Å²) in [5, 5.41) is 21.2. The van der Waals surface area contributed by atoms with Crippen LogP contribution in [0.5, 0.6) is 0 Å². The molecule has 30 heavy (non-hydrogen) atoms. The second-order valence-corrected chi connectivity index (χ2v) is 8.90. The van der Waals surface area contributed by atoms with E-state index < -0.39 is 11.9 Å². The Bertz CT molecular complexity index is 409. The normalized spacial score (nSPS) is 15.0. The van der Waals surface area contributed by atoms with Gasteiger partial charge in [-0.3, -0.25) is 9.59 Å². The molecule has 6 heteroatoms. The average molecular weight is 428 g/mol. The summed E-state index contributed by atoms with van der Waals surface area (Å²) in [6.45, 7) is 2.92. The maximum atomic E-state index is 10.6. The van der Waals surface area contributed by atoms with Gasteiger partial charge in [0, 0.05) is 32.1 Å². The zero-order valence-electron chi connectivity index (χ0n) is 18.9. The molecule has 0 atom stereocenters. The number of carboxylic acid groups (broad SMARTS) is 2. The van der Waals surface area contributed by atoms with Gasteiger partial charge in [0.15, 0.2) is 0 Å². The first-order valence-electron chi connectivity index (χ1n) is 12.3. The van der Waals surface area contributed by atoms with Crippen molar-refractivity contribution in [2.75, 3.05) is 19.8 Å². The van der Waals surface area contributed by atoms with Crippen molar-refractivity contribution < 1.29 is 24.5 Å². The standard InChI is InChI=1S/C24H45NO5/c26-23(27)13-9-5-1-3-7-11-22(12-8-4-2-6-10-14-24(28)29)25-18-15-21-16-19-30-20-17-21/h21-22,25H,1-20H2,(H,26,27)(H,28,29). The van der Waals surface area contributed by atoms with Gasteiger partial charge in [0.1, 0.15) is 0 Å². The molecule has 3 N–H and O–H groups in total. The number of aliphatic carboxylic acids is 2. The molecule has 0 aromatic carbocycles. The van der Waals surface area contributed by atoms with Gasteiger partial charge in [-0.15, -0.1) is 0 Å². The van der Waals surface area contributed by atoms with Crippen LogP contribution in [0.1, 0.15) is 109 Å². The van der Waals surface area contributed by atoms with E-state index in [0.29, 0.717) is 18.9 Å². The summed E-state index contributed by atoms with van der Waals surface area (Å²) in [7, 11) is 0. The molecule has 1 heterocycles. The summed E-state index contributed by atoms with van der Waals surface area (Å²) in [5.41, 5.74) is 0. The summed E-state index contributed by atoms with van der Waals surface area (Å²) in [6.07, 6.45) is 17.3.